The summed E-state index contributed by atoms with van der Waals surface area (Å²) in [6, 6.07) is 7.95. The van der Waals surface area contributed by atoms with E-state index in [1.54, 1.807) is 0 Å². The molecule has 2 aliphatic rings. The van der Waals surface area contributed by atoms with E-state index in [9.17, 15) is 4.79 Å². The molecule has 2 fully saturated rings. The van der Waals surface area contributed by atoms with Crippen LogP contribution in [0.2, 0.25) is 0 Å². The number of rotatable bonds is 5. The lowest BCUT2D eigenvalue weighted by atomic mass is 9.48. The van der Waals surface area contributed by atoms with Crippen molar-refractivity contribution in [3.8, 4) is 0 Å². The van der Waals surface area contributed by atoms with Crippen LogP contribution < -0.4 is 11.1 Å². The molecule has 160 valence electrons. The Kier molecular flexibility index (Phi) is 6.29. The Bertz CT molecular complexity index is 746. The first-order chi connectivity index (χ1) is 13.6. The molecule has 3 nitrogen and oxygen atoms in total. The van der Waals surface area contributed by atoms with Gasteiger partial charge in [-0.15, -0.1) is 0 Å². The molecular weight excluding hydrogens is 356 g/mol. The van der Waals surface area contributed by atoms with Crippen LogP contribution >= 0.6 is 0 Å². The van der Waals surface area contributed by atoms with Crippen molar-refractivity contribution in [2.45, 2.75) is 60.3 Å². The van der Waals surface area contributed by atoms with Crippen LogP contribution in [0, 0.1) is 34.5 Å². The van der Waals surface area contributed by atoms with Crippen LogP contribution in [0.15, 0.2) is 30.8 Å². The molecule has 0 spiro atoms. The van der Waals surface area contributed by atoms with Crippen molar-refractivity contribution < 1.29 is 4.79 Å². The lowest BCUT2D eigenvalue weighted by Gasteiger charge is -2.57. The molecule has 3 N–H and O–H groups in total. The van der Waals surface area contributed by atoms with E-state index in [0.717, 1.165) is 11.8 Å². The third-order valence-corrected chi connectivity index (χ3v) is 8.12. The average molecular weight is 397 g/mol. The highest BCUT2D eigenvalue weighted by Crippen LogP contribution is 2.60. The first kappa shape index (κ1) is 22.1. The second kappa shape index (κ2) is 8.26. The number of fused-ring (bicyclic) bond motifs is 1. The second-order valence-electron chi connectivity index (χ2n) is 10.9. The molecule has 2 aliphatic carbocycles. The van der Waals surface area contributed by atoms with Gasteiger partial charge in [-0.05, 0) is 83.5 Å². The number of amides is 1. The van der Waals surface area contributed by atoms with Crippen LogP contribution in [0.1, 0.15) is 76.2 Å². The van der Waals surface area contributed by atoms with Crippen LogP contribution in [0.25, 0.3) is 5.57 Å². The molecule has 0 saturated heterocycles. The Morgan fingerprint density at radius 2 is 1.55 bits per heavy atom. The lowest BCUT2D eigenvalue weighted by molar-refractivity contribution is -0.0665. The molecule has 2 saturated carbocycles. The third kappa shape index (κ3) is 4.45. The zero-order chi connectivity index (χ0) is 21.4. The summed E-state index contributed by atoms with van der Waals surface area (Å²) in [5.41, 5.74) is 9.41. The van der Waals surface area contributed by atoms with Gasteiger partial charge in [0.15, 0.2) is 0 Å². The predicted molar refractivity (Wildman–Crippen MR) is 123 cm³/mol. The molecule has 0 bridgehead atoms. The Morgan fingerprint density at radius 3 is 2.10 bits per heavy atom. The van der Waals surface area contributed by atoms with Crippen LogP contribution in [-0.2, 0) is 0 Å². The summed E-state index contributed by atoms with van der Waals surface area (Å²) in [4.78, 5) is 12.1. The minimum Gasteiger partial charge on any atom is -0.351 e. The number of nitrogens with one attached hydrogen (secondary N) is 1. The van der Waals surface area contributed by atoms with E-state index in [0.29, 0.717) is 41.3 Å². The lowest BCUT2D eigenvalue weighted by Crippen LogP contribution is -2.49. The van der Waals surface area contributed by atoms with Crippen LogP contribution in [0.5, 0.6) is 0 Å². The van der Waals surface area contributed by atoms with Gasteiger partial charge in [0.05, 0.1) is 0 Å². The molecule has 0 aromatic heterocycles. The summed E-state index contributed by atoms with van der Waals surface area (Å²) < 4.78 is 0. The van der Waals surface area contributed by atoms with E-state index in [1.165, 1.54) is 36.8 Å². The van der Waals surface area contributed by atoms with E-state index in [4.69, 9.17) is 5.73 Å². The van der Waals surface area contributed by atoms with Crippen molar-refractivity contribution in [3.05, 3.63) is 42.0 Å². The van der Waals surface area contributed by atoms with Gasteiger partial charge in [-0.25, -0.2) is 0 Å². The highest BCUT2D eigenvalue weighted by Gasteiger charge is 2.51. The fraction of sp³-hybridized carbons (Fsp3) is 0.654. The molecule has 0 aliphatic heterocycles. The van der Waals surface area contributed by atoms with Crippen LogP contribution in [0.3, 0.4) is 0 Å². The first-order valence-corrected chi connectivity index (χ1v) is 11.3. The largest absolute Gasteiger partial charge is 0.351 e. The quantitative estimate of drug-likeness (QED) is 0.689. The van der Waals surface area contributed by atoms with Gasteiger partial charge < -0.3 is 11.1 Å². The fourth-order valence-electron chi connectivity index (χ4n) is 5.96. The predicted octanol–water partition coefficient (Wildman–Crippen LogP) is 5.51. The van der Waals surface area contributed by atoms with E-state index in [-0.39, 0.29) is 5.91 Å². The zero-order valence-electron chi connectivity index (χ0n) is 19.1. The van der Waals surface area contributed by atoms with Gasteiger partial charge >= 0.3 is 0 Å². The minimum atomic E-state index is -0.0623. The Labute approximate surface area is 177 Å². The van der Waals surface area contributed by atoms with Crippen molar-refractivity contribution in [1.82, 2.24) is 5.32 Å². The van der Waals surface area contributed by atoms with Crippen molar-refractivity contribution in [2.75, 3.05) is 13.1 Å². The maximum absolute atomic E-state index is 12.1. The summed E-state index contributed by atoms with van der Waals surface area (Å²) in [5.74, 6) is 2.66. The summed E-state index contributed by atoms with van der Waals surface area (Å²) in [6.07, 6.45) is 5.19. The van der Waals surface area contributed by atoms with Gasteiger partial charge in [0.2, 0.25) is 0 Å². The summed E-state index contributed by atoms with van der Waals surface area (Å²) in [6.45, 7) is 17.8. The molecule has 4 unspecified atom stereocenters. The highest BCUT2D eigenvalue weighted by molar-refractivity contribution is 5.94. The number of allylic oxidation sites excluding steroid dienone is 1. The third-order valence-electron chi connectivity index (χ3n) is 8.12. The van der Waals surface area contributed by atoms with Gasteiger partial charge in [-0.3, -0.25) is 4.79 Å². The standard InChI is InChI=1S/C26H40N2O/c1-17-15-22-23(26(5,6)12-11-25(22,3)4)16-21(17)18(2)19-7-9-20(10-8-19)24(29)28-14-13-27/h7-10,17,21-23H,2,11-16,27H2,1,3-6H3,(H,28,29). The van der Waals surface area contributed by atoms with Gasteiger partial charge in [0.25, 0.3) is 5.91 Å². The number of nitrogens with two attached hydrogens (primary N) is 1. The molecule has 3 heteroatoms. The first-order valence-electron chi connectivity index (χ1n) is 11.3. The summed E-state index contributed by atoms with van der Waals surface area (Å²) in [7, 11) is 0. The second-order valence-corrected chi connectivity index (χ2v) is 10.9. The summed E-state index contributed by atoms with van der Waals surface area (Å²) in [5, 5.41) is 2.83. The number of hydrogen-bond donors (Lipinski definition) is 2. The molecule has 29 heavy (non-hydrogen) atoms. The monoisotopic (exact) mass is 396 g/mol. The average Bonchev–Trinajstić information content (AvgIpc) is 2.69. The SMILES string of the molecule is C=C(c1ccc(C(=O)NCCN)cc1)C1CC2C(CC1C)C(C)(C)CCC2(C)C. The van der Waals surface area contributed by atoms with Crippen molar-refractivity contribution >= 4 is 11.5 Å². The minimum absolute atomic E-state index is 0.0623. The number of hydrogen-bond acceptors (Lipinski definition) is 2. The smallest absolute Gasteiger partial charge is 0.251 e. The molecule has 4 atom stereocenters. The van der Waals surface area contributed by atoms with Gasteiger partial charge in [-0.2, -0.15) is 0 Å². The zero-order valence-corrected chi connectivity index (χ0v) is 19.1. The molecule has 0 heterocycles. The maximum Gasteiger partial charge on any atom is 0.251 e. The molecule has 3 rings (SSSR count). The number of benzene rings is 1. The normalized spacial score (nSPS) is 30.3. The number of carbonyl (C=O) groups is 1. The topological polar surface area (TPSA) is 55.1 Å². The highest BCUT2D eigenvalue weighted by atomic mass is 16.1. The van der Waals surface area contributed by atoms with E-state index >= 15 is 0 Å². The summed E-state index contributed by atoms with van der Waals surface area (Å²) >= 11 is 0. The van der Waals surface area contributed by atoms with E-state index < -0.39 is 0 Å². The molecular formula is C26H40N2O. The van der Waals surface area contributed by atoms with Crippen molar-refractivity contribution in [1.29, 1.82) is 0 Å². The Morgan fingerprint density at radius 1 is 1.03 bits per heavy atom. The molecule has 1 amide bonds. The van der Waals surface area contributed by atoms with Crippen LogP contribution in [-0.4, -0.2) is 19.0 Å². The molecule has 1 aromatic carbocycles. The van der Waals surface area contributed by atoms with Gasteiger partial charge in [-0.1, -0.05) is 53.3 Å². The Balaban J connectivity index is 1.76. The van der Waals surface area contributed by atoms with E-state index in [1.807, 2.05) is 12.1 Å². The van der Waals surface area contributed by atoms with Gasteiger partial charge in [0.1, 0.15) is 0 Å². The molecule has 0 radical (unpaired) electrons. The number of carbonyl (C=O) groups excluding carboxylic acids is 1. The van der Waals surface area contributed by atoms with Crippen molar-refractivity contribution in [2.24, 2.45) is 40.2 Å². The van der Waals surface area contributed by atoms with E-state index in [2.05, 4.69) is 58.6 Å². The van der Waals surface area contributed by atoms with Crippen molar-refractivity contribution in [3.63, 3.8) is 0 Å². The maximum atomic E-state index is 12.1. The fourth-order valence-corrected chi connectivity index (χ4v) is 5.96. The van der Waals surface area contributed by atoms with Gasteiger partial charge in [0, 0.05) is 18.7 Å². The van der Waals surface area contributed by atoms with Crippen LogP contribution in [0.4, 0.5) is 0 Å². The molecule has 1 aromatic rings. The Hall–Kier alpha value is -1.61.